The highest BCUT2D eigenvalue weighted by molar-refractivity contribution is 7.02. The van der Waals surface area contributed by atoms with Crippen LogP contribution in [0.3, 0.4) is 0 Å². The van der Waals surface area contributed by atoms with E-state index in [1.165, 1.54) is 99.5 Å². The molecule has 0 aromatic heterocycles. The van der Waals surface area contributed by atoms with Crippen molar-refractivity contribution < 1.29 is 0 Å². The Balaban J connectivity index is 0.000000426. The number of benzene rings is 2. The molecule has 2 aromatic carbocycles. The molecular weight excluding hydrogens is 573 g/mol. The second-order valence-corrected chi connectivity index (χ2v) is 33.2. The van der Waals surface area contributed by atoms with E-state index in [-0.39, 0.29) is 0 Å². The van der Waals surface area contributed by atoms with Gasteiger partial charge in [-0.05, 0) is 22.5 Å². The minimum atomic E-state index is -1.59. The van der Waals surface area contributed by atoms with Crippen LogP contribution in [-0.4, -0.2) is 32.9 Å². The van der Waals surface area contributed by atoms with Gasteiger partial charge in [0.2, 0.25) is 0 Å². The maximum atomic E-state index is 4.21. The quantitative estimate of drug-likeness (QED) is 0.111. The van der Waals surface area contributed by atoms with Crippen molar-refractivity contribution in [1.82, 2.24) is 9.30 Å². The van der Waals surface area contributed by atoms with Crippen LogP contribution in [0.4, 0.5) is 0 Å². The van der Waals surface area contributed by atoms with E-state index < -0.39 is 32.9 Å². The van der Waals surface area contributed by atoms with Gasteiger partial charge in [-0.15, -0.1) is 0 Å². The van der Waals surface area contributed by atoms with Crippen LogP contribution in [0, 0.1) is 0 Å². The van der Waals surface area contributed by atoms with E-state index in [9.17, 15) is 0 Å². The van der Waals surface area contributed by atoms with Crippen molar-refractivity contribution in [2.24, 2.45) is 0 Å². The van der Waals surface area contributed by atoms with E-state index in [2.05, 4.69) is 136 Å². The Morgan fingerprint density at radius 3 is 1.05 bits per heavy atom. The first-order valence-electron chi connectivity index (χ1n) is 17.4. The summed E-state index contributed by atoms with van der Waals surface area (Å²) in [5, 5.41) is 2.96. The molecule has 2 N–H and O–H groups in total. The maximum Gasteiger partial charge on any atom is 0.145 e. The van der Waals surface area contributed by atoms with E-state index in [1.54, 1.807) is 0 Å². The summed E-state index contributed by atoms with van der Waals surface area (Å²) in [6, 6.07) is 24.7. The van der Waals surface area contributed by atoms with Crippen molar-refractivity contribution in [1.29, 1.82) is 0 Å². The van der Waals surface area contributed by atoms with Crippen molar-refractivity contribution in [2.75, 3.05) is 0 Å². The number of nitrogens with one attached hydrogen (secondary N) is 2. The van der Waals surface area contributed by atoms with E-state index in [0.29, 0.717) is 0 Å². The molecule has 0 aliphatic heterocycles. The molecule has 0 bridgehead atoms. The number of rotatable bonds is 20. The molecule has 0 heterocycles. The Labute approximate surface area is 267 Å². The van der Waals surface area contributed by atoms with Crippen LogP contribution in [0.2, 0.25) is 64.5 Å². The molecule has 0 spiro atoms. The summed E-state index contributed by atoms with van der Waals surface area (Å²) < 4.78 is 8.26. The Morgan fingerprint density at radius 2 is 0.714 bits per heavy atom. The lowest BCUT2D eigenvalue weighted by Crippen LogP contribution is -2.69. The van der Waals surface area contributed by atoms with Crippen molar-refractivity contribution >= 4 is 43.3 Å². The number of hydrogen-bond donors (Lipinski definition) is 2. The zero-order valence-corrected chi connectivity index (χ0v) is 33.7. The first-order valence-corrected chi connectivity index (χ1v) is 29.9. The summed E-state index contributed by atoms with van der Waals surface area (Å²) >= 11 is 0. The number of unbranched alkanes of at least 4 members (excludes halogenated alkanes) is 10. The second kappa shape index (κ2) is 20.3. The third-order valence-electron chi connectivity index (χ3n) is 8.60. The Hall–Kier alpha value is -0.772. The van der Waals surface area contributed by atoms with Gasteiger partial charge in [0.25, 0.3) is 0 Å². The molecule has 0 unspecified atom stereocenters. The third-order valence-corrected chi connectivity index (χ3v) is 25.8. The van der Waals surface area contributed by atoms with Crippen LogP contribution in [-0.2, 0) is 0 Å². The van der Waals surface area contributed by atoms with E-state index in [1.807, 2.05) is 0 Å². The molecule has 0 aliphatic carbocycles. The van der Waals surface area contributed by atoms with Gasteiger partial charge in [-0.2, -0.15) is 0 Å². The first-order chi connectivity index (χ1) is 19.7. The van der Waals surface area contributed by atoms with E-state index in [4.69, 9.17) is 0 Å². The molecule has 0 aliphatic rings. The molecule has 42 heavy (non-hydrogen) atoms. The Morgan fingerprint density at radius 1 is 0.405 bits per heavy atom. The fourth-order valence-electron chi connectivity index (χ4n) is 6.37. The lowest BCUT2D eigenvalue weighted by molar-refractivity contribution is 0.620. The van der Waals surface area contributed by atoms with Crippen LogP contribution in [0.1, 0.15) is 90.9 Å². The van der Waals surface area contributed by atoms with Crippen molar-refractivity contribution in [3.63, 3.8) is 0 Å². The lowest BCUT2D eigenvalue weighted by atomic mass is 10.1. The van der Waals surface area contributed by atoms with Gasteiger partial charge in [0, 0.05) is 0 Å². The largest absolute Gasteiger partial charge is 0.359 e. The Bertz CT molecular complexity index is 854. The minimum Gasteiger partial charge on any atom is -0.359 e. The zero-order valence-electron chi connectivity index (χ0n) is 29.7. The van der Waals surface area contributed by atoms with Gasteiger partial charge in [0.15, 0.2) is 0 Å². The van der Waals surface area contributed by atoms with Gasteiger partial charge in [-0.25, -0.2) is 0 Å². The molecule has 0 fully saturated rings. The van der Waals surface area contributed by atoms with Crippen molar-refractivity contribution in [2.45, 2.75) is 155 Å². The lowest BCUT2D eigenvalue weighted by Gasteiger charge is -2.35. The summed E-state index contributed by atoms with van der Waals surface area (Å²) in [7, 11) is -5.53. The third kappa shape index (κ3) is 17.5. The molecule has 0 atom stereocenters. The molecule has 0 saturated carbocycles. The standard InChI is InChI=1S/C20H47NSi2.C16H23NSi2/c1-7-9-11-13-15-17-19-22(3,4)21-23(5,6)20-18-16-14-12-10-8-2;1-18(2,15-11-7-5-8-12-15)17-19(3,4)16-13-9-6-10-14-16/h21H,7-20H2,1-6H3;5-14,17H,1-4H3. The monoisotopic (exact) mass is 642 g/mol. The van der Waals surface area contributed by atoms with E-state index >= 15 is 0 Å². The highest BCUT2D eigenvalue weighted by Crippen LogP contribution is 2.20. The summed E-state index contributed by atoms with van der Waals surface area (Å²) in [6.07, 6.45) is 17.2. The average molecular weight is 643 g/mol. The van der Waals surface area contributed by atoms with Crippen LogP contribution in [0.25, 0.3) is 0 Å². The fraction of sp³-hybridized carbons (Fsp3) is 0.667. The SMILES string of the molecule is CCCCCCCC[Si](C)(C)N[Si](C)(C)CCCCCCCC.C[Si](C)(N[Si](C)(C)c1ccccc1)c1ccccc1. The van der Waals surface area contributed by atoms with Gasteiger partial charge in [-0.1, -0.05) is 204 Å². The molecule has 2 aromatic rings. The highest BCUT2D eigenvalue weighted by atomic mass is 28.4. The van der Waals surface area contributed by atoms with Crippen LogP contribution in [0.5, 0.6) is 0 Å². The maximum absolute atomic E-state index is 4.21. The summed E-state index contributed by atoms with van der Waals surface area (Å²) in [6.45, 7) is 24.5. The molecular formula is C36H70N2Si4. The minimum absolute atomic E-state index is 1.18. The molecule has 2 nitrogen and oxygen atoms in total. The summed E-state index contributed by atoms with van der Waals surface area (Å²) in [4.78, 5) is 0. The first kappa shape index (κ1) is 39.3. The Kier molecular flexibility index (Phi) is 19.0. The average Bonchev–Trinajstić information content (AvgIpc) is 2.93. The molecule has 6 heteroatoms. The normalized spacial score (nSPS) is 12.6. The van der Waals surface area contributed by atoms with Gasteiger partial charge >= 0.3 is 0 Å². The predicted octanol–water partition coefficient (Wildman–Crippen LogP) is 10.5. The highest BCUT2D eigenvalue weighted by Gasteiger charge is 2.33. The van der Waals surface area contributed by atoms with E-state index in [0.717, 1.165) is 0 Å². The molecule has 0 amide bonds. The molecule has 0 radical (unpaired) electrons. The van der Waals surface area contributed by atoms with Gasteiger partial charge in [0.1, 0.15) is 32.9 Å². The van der Waals surface area contributed by atoms with Crippen LogP contribution < -0.4 is 19.7 Å². The molecule has 240 valence electrons. The predicted molar refractivity (Wildman–Crippen MR) is 205 cm³/mol. The second-order valence-electron chi connectivity index (χ2n) is 15.0. The summed E-state index contributed by atoms with van der Waals surface area (Å²) in [5.74, 6) is 0. The van der Waals surface area contributed by atoms with Gasteiger partial charge < -0.3 is 9.30 Å². The topological polar surface area (TPSA) is 24.1 Å². The van der Waals surface area contributed by atoms with Gasteiger partial charge in [0.05, 0.1) is 0 Å². The molecule has 2 rings (SSSR count). The molecule has 0 saturated heterocycles. The van der Waals surface area contributed by atoms with Gasteiger partial charge in [-0.3, -0.25) is 0 Å². The van der Waals surface area contributed by atoms with Crippen molar-refractivity contribution in [3.05, 3.63) is 60.7 Å². The zero-order chi connectivity index (χ0) is 31.5. The summed E-state index contributed by atoms with van der Waals surface area (Å²) in [5.41, 5.74) is 0. The van der Waals surface area contributed by atoms with Crippen LogP contribution >= 0.6 is 0 Å². The number of hydrogen-bond acceptors (Lipinski definition) is 2. The van der Waals surface area contributed by atoms with Crippen molar-refractivity contribution in [3.8, 4) is 0 Å². The fourth-order valence-corrected chi connectivity index (χ4v) is 26.4. The van der Waals surface area contributed by atoms with Crippen LogP contribution in [0.15, 0.2) is 60.7 Å². The smallest absolute Gasteiger partial charge is 0.145 e.